The van der Waals surface area contributed by atoms with Gasteiger partial charge in [-0.15, -0.1) is 23.2 Å². The molecule has 0 bridgehead atoms. The van der Waals surface area contributed by atoms with Crippen molar-refractivity contribution in [3.8, 4) is 0 Å². The minimum absolute atomic E-state index is 0.149. The summed E-state index contributed by atoms with van der Waals surface area (Å²) in [6.07, 6.45) is 4.23. The first kappa shape index (κ1) is 15.5. The van der Waals surface area contributed by atoms with Crippen LogP contribution in [0.4, 0.5) is 0 Å². The predicted octanol–water partition coefficient (Wildman–Crippen LogP) is 5.20. The third kappa shape index (κ3) is 4.24. The Bertz CT molecular complexity index is 337. The monoisotopic (exact) mass is 310 g/mol. The molecular weight excluding hydrogens is 295 g/mol. The fourth-order valence-corrected chi connectivity index (χ4v) is 3.33. The van der Waals surface area contributed by atoms with Crippen LogP contribution in [-0.2, 0) is 5.41 Å². The van der Waals surface area contributed by atoms with Gasteiger partial charge < -0.3 is 0 Å². The van der Waals surface area contributed by atoms with Gasteiger partial charge in [0.25, 0.3) is 0 Å². The average Bonchev–Trinajstić information content (AvgIpc) is 2.35. The van der Waals surface area contributed by atoms with Crippen molar-refractivity contribution in [2.24, 2.45) is 0 Å². The standard InChI is InChI=1S/C13H17Cl3S/c1-17-7-3-6-13(9-14,10-15)11-4-2-5-12(16)8-11/h2,4-5,8H,3,6-7,9-10H2,1H3. The molecule has 0 atom stereocenters. The molecule has 0 nitrogen and oxygen atoms in total. The molecule has 17 heavy (non-hydrogen) atoms. The highest BCUT2D eigenvalue weighted by Crippen LogP contribution is 2.34. The molecule has 0 unspecified atom stereocenters. The summed E-state index contributed by atoms with van der Waals surface area (Å²) in [5.41, 5.74) is 1.00. The van der Waals surface area contributed by atoms with Crippen LogP contribution in [-0.4, -0.2) is 23.8 Å². The molecule has 1 aromatic rings. The van der Waals surface area contributed by atoms with Crippen LogP contribution in [0.3, 0.4) is 0 Å². The summed E-state index contributed by atoms with van der Waals surface area (Å²) in [7, 11) is 0. The number of hydrogen-bond donors (Lipinski definition) is 0. The van der Waals surface area contributed by atoms with E-state index in [0.717, 1.165) is 29.2 Å². The van der Waals surface area contributed by atoms with Crippen LogP contribution in [0.5, 0.6) is 0 Å². The number of alkyl halides is 2. The molecule has 0 aliphatic heterocycles. The van der Waals surface area contributed by atoms with Gasteiger partial charge in [-0.2, -0.15) is 11.8 Å². The van der Waals surface area contributed by atoms with Crippen molar-refractivity contribution in [3.05, 3.63) is 34.9 Å². The highest BCUT2D eigenvalue weighted by Gasteiger charge is 2.30. The molecule has 0 spiro atoms. The Morgan fingerprint density at radius 2 is 1.94 bits per heavy atom. The first-order valence-electron chi connectivity index (χ1n) is 5.55. The summed E-state index contributed by atoms with van der Waals surface area (Å²) in [5, 5.41) is 0.743. The van der Waals surface area contributed by atoms with Gasteiger partial charge in [0.05, 0.1) is 0 Å². The van der Waals surface area contributed by atoms with Gasteiger partial charge in [0.15, 0.2) is 0 Å². The summed E-state index contributed by atoms with van der Waals surface area (Å²) in [5.74, 6) is 2.20. The molecule has 0 aromatic heterocycles. The molecule has 0 heterocycles. The van der Waals surface area contributed by atoms with E-state index in [1.54, 1.807) is 0 Å². The van der Waals surface area contributed by atoms with E-state index >= 15 is 0 Å². The Hall–Kier alpha value is 0.440. The Labute approximate surface area is 123 Å². The van der Waals surface area contributed by atoms with Crippen molar-refractivity contribution in [1.82, 2.24) is 0 Å². The lowest BCUT2D eigenvalue weighted by molar-refractivity contribution is 0.487. The van der Waals surface area contributed by atoms with Gasteiger partial charge in [-0.05, 0) is 42.5 Å². The highest BCUT2D eigenvalue weighted by molar-refractivity contribution is 7.98. The molecular formula is C13H17Cl3S. The largest absolute Gasteiger partial charge is 0.165 e. The Morgan fingerprint density at radius 3 is 2.47 bits per heavy atom. The van der Waals surface area contributed by atoms with E-state index in [0.29, 0.717) is 11.8 Å². The van der Waals surface area contributed by atoms with Gasteiger partial charge in [-0.1, -0.05) is 23.7 Å². The molecule has 0 radical (unpaired) electrons. The van der Waals surface area contributed by atoms with Crippen molar-refractivity contribution in [2.75, 3.05) is 23.8 Å². The zero-order chi connectivity index (χ0) is 12.7. The second kappa shape index (κ2) is 7.78. The van der Waals surface area contributed by atoms with Crippen LogP contribution in [0.1, 0.15) is 18.4 Å². The van der Waals surface area contributed by atoms with E-state index < -0.39 is 0 Å². The van der Waals surface area contributed by atoms with Crippen LogP contribution in [0.25, 0.3) is 0 Å². The first-order chi connectivity index (χ1) is 8.18. The third-order valence-electron chi connectivity index (χ3n) is 2.95. The fraction of sp³-hybridized carbons (Fsp3) is 0.538. The van der Waals surface area contributed by atoms with Crippen molar-refractivity contribution in [1.29, 1.82) is 0 Å². The number of rotatable bonds is 7. The van der Waals surface area contributed by atoms with Gasteiger partial charge in [0.2, 0.25) is 0 Å². The minimum atomic E-state index is -0.149. The smallest absolute Gasteiger partial charge is 0.0408 e. The summed E-state index contributed by atoms with van der Waals surface area (Å²) < 4.78 is 0. The van der Waals surface area contributed by atoms with E-state index in [9.17, 15) is 0 Å². The maximum atomic E-state index is 6.16. The molecule has 0 aliphatic carbocycles. The second-order valence-corrected chi connectivity index (χ2v) is 6.11. The molecule has 1 aromatic carbocycles. The molecule has 0 aliphatic rings. The molecule has 96 valence electrons. The van der Waals surface area contributed by atoms with Crippen molar-refractivity contribution < 1.29 is 0 Å². The van der Waals surface area contributed by atoms with Crippen LogP contribution < -0.4 is 0 Å². The van der Waals surface area contributed by atoms with Crippen molar-refractivity contribution >= 4 is 46.6 Å². The number of benzene rings is 1. The van der Waals surface area contributed by atoms with E-state index in [1.165, 1.54) is 0 Å². The molecule has 0 saturated carbocycles. The fourth-order valence-electron chi connectivity index (χ4n) is 1.84. The zero-order valence-electron chi connectivity index (χ0n) is 9.89. The summed E-state index contributed by atoms with van der Waals surface area (Å²) in [6.45, 7) is 0. The number of thioether (sulfide) groups is 1. The van der Waals surface area contributed by atoms with Crippen LogP contribution >= 0.6 is 46.6 Å². The summed E-state index contributed by atoms with van der Waals surface area (Å²) >= 11 is 20.2. The van der Waals surface area contributed by atoms with Gasteiger partial charge >= 0.3 is 0 Å². The average molecular weight is 312 g/mol. The molecule has 0 saturated heterocycles. The number of halogens is 3. The van der Waals surface area contributed by atoms with Gasteiger partial charge in [-0.3, -0.25) is 0 Å². The number of hydrogen-bond acceptors (Lipinski definition) is 1. The van der Waals surface area contributed by atoms with E-state index in [-0.39, 0.29) is 5.41 Å². The van der Waals surface area contributed by atoms with Crippen LogP contribution in [0.15, 0.2) is 24.3 Å². The Kier molecular flexibility index (Phi) is 7.10. The highest BCUT2D eigenvalue weighted by atomic mass is 35.5. The lowest BCUT2D eigenvalue weighted by Crippen LogP contribution is -2.30. The van der Waals surface area contributed by atoms with Crippen LogP contribution in [0.2, 0.25) is 5.02 Å². The SMILES string of the molecule is CSCCCC(CCl)(CCl)c1cccc(Cl)c1. The molecule has 4 heteroatoms. The third-order valence-corrected chi connectivity index (χ3v) is 4.91. The van der Waals surface area contributed by atoms with Crippen molar-refractivity contribution in [3.63, 3.8) is 0 Å². The van der Waals surface area contributed by atoms with E-state index in [1.807, 2.05) is 30.0 Å². The first-order valence-corrected chi connectivity index (χ1v) is 8.39. The lowest BCUT2D eigenvalue weighted by Gasteiger charge is -2.30. The van der Waals surface area contributed by atoms with Gasteiger partial charge in [0, 0.05) is 22.2 Å². The maximum absolute atomic E-state index is 6.16. The molecule has 0 fully saturated rings. The van der Waals surface area contributed by atoms with Crippen molar-refractivity contribution in [2.45, 2.75) is 18.3 Å². The van der Waals surface area contributed by atoms with Gasteiger partial charge in [0.1, 0.15) is 0 Å². The van der Waals surface area contributed by atoms with Gasteiger partial charge in [-0.25, -0.2) is 0 Å². The van der Waals surface area contributed by atoms with E-state index in [2.05, 4.69) is 12.3 Å². The normalized spacial score (nSPS) is 11.8. The maximum Gasteiger partial charge on any atom is 0.0408 e. The molecule has 1 rings (SSSR count). The minimum Gasteiger partial charge on any atom is -0.165 e. The van der Waals surface area contributed by atoms with Crippen LogP contribution in [0, 0.1) is 0 Å². The topological polar surface area (TPSA) is 0 Å². The predicted molar refractivity (Wildman–Crippen MR) is 82.2 cm³/mol. The Morgan fingerprint density at radius 1 is 1.24 bits per heavy atom. The summed E-state index contributed by atoms with van der Waals surface area (Å²) in [4.78, 5) is 0. The molecule has 0 amide bonds. The quantitative estimate of drug-likeness (QED) is 0.493. The summed E-state index contributed by atoms with van der Waals surface area (Å²) in [6, 6.07) is 7.88. The Balaban J connectivity index is 2.89. The van der Waals surface area contributed by atoms with E-state index in [4.69, 9.17) is 34.8 Å². The second-order valence-electron chi connectivity index (χ2n) is 4.15. The lowest BCUT2D eigenvalue weighted by atomic mass is 9.80. The zero-order valence-corrected chi connectivity index (χ0v) is 13.0. The molecule has 0 N–H and O–H groups in total.